The van der Waals surface area contributed by atoms with Crippen LogP contribution in [0.15, 0.2) is 44.5 Å². The van der Waals surface area contributed by atoms with Crippen molar-refractivity contribution in [2.75, 3.05) is 22.7 Å². The fourth-order valence-electron chi connectivity index (χ4n) is 4.61. The monoisotopic (exact) mass is 674 g/mol. The fourth-order valence-corrected chi connectivity index (χ4v) is 7.59. The number of sulfonamides is 1. The lowest BCUT2D eigenvalue weighted by Gasteiger charge is -2.46. The molecule has 1 aliphatic heterocycles. The van der Waals surface area contributed by atoms with Crippen molar-refractivity contribution in [1.29, 1.82) is 0 Å². The van der Waals surface area contributed by atoms with Gasteiger partial charge in [0.2, 0.25) is 0 Å². The number of likely N-dealkylation sites (tertiary alicyclic amines) is 1. The topological polar surface area (TPSA) is 91.8 Å². The molecule has 2 aromatic carbocycles. The molecule has 0 atom stereocenters. The second-order valence-corrected chi connectivity index (χ2v) is 14.8. The Balaban J connectivity index is 1.64. The van der Waals surface area contributed by atoms with Crippen molar-refractivity contribution in [2.24, 2.45) is 5.41 Å². The van der Waals surface area contributed by atoms with Gasteiger partial charge in [-0.25, -0.2) is 31.4 Å². The molecule has 0 unspecified atom stereocenters. The molecule has 3 aromatic rings. The van der Waals surface area contributed by atoms with Gasteiger partial charge in [0.25, 0.3) is 10.0 Å². The summed E-state index contributed by atoms with van der Waals surface area (Å²) in [7, 11) is -5.05. The standard InChI is InChI=1S/C27H30BrF3N4O4S2/c1-26(2,3)39-25(36)35(21-12-40-15-33-21)41(37,38)24-18(28)9-20(22(30)23(24)31)32-10-17-16(7-6-8-19(17)29)11-34-13-27(4,5)14-34/h6-9,12,15,32H,10-11,13-14H2,1-5H3. The first kappa shape index (κ1) is 31.3. The third-order valence-corrected chi connectivity index (χ3v) is 9.36. The second-order valence-electron chi connectivity index (χ2n) is 11.5. The van der Waals surface area contributed by atoms with Gasteiger partial charge in [0.15, 0.2) is 17.5 Å². The molecule has 1 aromatic heterocycles. The number of nitrogens with zero attached hydrogens (tertiary/aromatic N) is 3. The lowest BCUT2D eigenvalue weighted by atomic mass is 9.84. The van der Waals surface area contributed by atoms with E-state index in [4.69, 9.17) is 4.74 Å². The van der Waals surface area contributed by atoms with Crippen LogP contribution in [-0.4, -0.2) is 43.1 Å². The SMILES string of the molecule is CC1(C)CN(Cc2cccc(F)c2CNc2cc(Br)c(S(=O)(=O)N(C(=O)OC(C)(C)C)c3cscn3)c(F)c2F)C1. The number of aromatic nitrogens is 1. The van der Waals surface area contributed by atoms with Gasteiger partial charge in [0, 0.05) is 41.6 Å². The Bertz CT molecular complexity index is 1550. The number of hydrogen-bond acceptors (Lipinski definition) is 8. The molecule has 1 saturated heterocycles. The second kappa shape index (κ2) is 11.5. The van der Waals surface area contributed by atoms with Crippen LogP contribution in [0.2, 0.25) is 0 Å². The molecular weight excluding hydrogens is 645 g/mol. The number of benzene rings is 2. The molecule has 1 fully saturated rings. The van der Waals surface area contributed by atoms with E-state index in [-0.39, 0.29) is 32.1 Å². The number of rotatable bonds is 8. The molecule has 0 bridgehead atoms. The van der Waals surface area contributed by atoms with Crippen LogP contribution < -0.4 is 9.62 Å². The molecule has 0 spiro atoms. The van der Waals surface area contributed by atoms with Crippen LogP contribution in [0.5, 0.6) is 0 Å². The van der Waals surface area contributed by atoms with Crippen LogP contribution in [0, 0.1) is 22.9 Å². The highest BCUT2D eigenvalue weighted by atomic mass is 79.9. The van der Waals surface area contributed by atoms with Crippen molar-refractivity contribution in [3.05, 3.63) is 68.2 Å². The lowest BCUT2D eigenvalue weighted by molar-refractivity contribution is 0.0240. The minimum absolute atomic E-state index is 0.180. The Morgan fingerprint density at radius 2 is 1.90 bits per heavy atom. The summed E-state index contributed by atoms with van der Waals surface area (Å²) < 4.78 is 77.9. The smallest absolute Gasteiger partial charge is 0.430 e. The third-order valence-electron chi connectivity index (χ3n) is 6.17. The molecule has 2 heterocycles. The predicted octanol–water partition coefficient (Wildman–Crippen LogP) is 6.91. The molecule has 1 N–H and O–H groups in total. The van der Waals surface area contributed by atoms with E-state index in [1.54, 1.807) is 12.1 Å². The zero-order chi connectivity index (χ0) is 30.3. The summed E-state index contributed by atoms with van der Waals surface area (Å²) in [5, 5.41) is 3.95. The maximum atomic E-state index is 15.5. The number of amides is 1. The predicted molar refractivity (Wildman–Crippen MR) is 155 cm³/mol. The number of nitrogens with one attached hydrogen (secondary N) is 1. The van der Waals surface area contributed by atoms with E-state index < -0.39 is 49.8 Å². The largest absolute Gasteiger partial charge is 0.443 e. The van der Waals surface area contributed by atoms with Gasteiger partial charge in [-0.05, 0) is 59.8 Å². The Morgan fingerprint density at radius 1 is 1.22 bits per heavy atom. The summed E-state index contributed by atoms with van der Waals surface area (Å²) in [6, 6.07) is 5.68. The summed E-state index contributed by atoms with van der Waals surface area (Å²) >= 11 is 4.02. The summed E-state index contributed by atoms with van der Waals surface area (Å²) in [6.45, 7) is 10.9. The van der Waals surface area contributed by atoms with Crippen LogP contribution in [0.3, 0.4) is 0 Å². The summed E-state index contributed by atoms with van der Waals surface area (Å²) in [6.07, 6.45) is -1.34. The van der Waals surface area contributed by atoms with Gasteiger partial charge in [-0.15, -0.1) is 15.6 Å². The first-order chi connectivity index (χ1) is 19.0. The van der Waals surface area contributed by atoms with Crippen LogP contribution >= 0.6 is 27.3 Å². The molecule has 8 nitrogen and oxygen atoms in total. The molecule has 1 amide bonds. The fraction of sp³-hybridized carbons (Fsp3) is 0.407. The van der Waals surface area contributed by atoms with Crippen molar-refractivity contribution < 1.29 is 31.1 Å². The van der Waals surface area contributed by atoms with Gasteiger partial charge < -0.3 is 10.1 Å². The van der Waals surface area contributed by atoms with E-state index in [0.717, 1.165) is 30.5 Å². The molecule has 0 saturated carbocycles. The Labute approximate surface area is 249 Å². The Kier molecular flexibility index (Phi) is 8.80. The third kappa shape index (κ3) is 6.87. The lowest BCUT2D eigenvalue weighted by Crippen LogP contribution is -2.52. The van der Waals surface area contributed by atoms with Crippen molar-refractivity contribution in [3.63, 3.8) is 0 Å². The average molecular weight is 676 g/mol. The number of ether oxygens (including phenoxy) is 1. The van der Waals surface area contributed by atoms with Gasteiger partial charge >= 0.3 is 6.09 Å². The van der Waals surface area contributed by atoms with Crippen molar-refractivity contribution in [1.82, 2.24) is 9.88 Å². The highest BCUT2D eigenvalue weighted by Crippen LogP contribution is 2.37. The number of carbonyl (C=O) groups is 1. The van der Waals surface area contributed by atoms with E-state index in [1.165, 1.54) is 37.7 Å². The molecular formula is C27H30BrF3N4O4S2. The zero-order valence-corrected chi connectivity index (χ0v) is 26.3. The van der Waals surface area contributed by atoms with Gasteiger partial charge in [-0.1, -0.05) is 26.0 Å². The molecule has 222 valence electrons. The van der Waals surface area contributed by atoms with Gasteiger partial charge in [-0.3, -0.25) is 4.90 Å². The Morgan fingerprint density at radius 3 is 2.49 bits per heavy atom. The van der Waals surface area contributed by atoms with Gasteiger partial charge in [0.1, 0.15) is 16.3 Å². The van der Waals surface area contributed by atoms with E-state index in [0.29, 0.717) is 12.1 Å². The Hall–Kier alpha value is -2.68. The van der Waals surface area contributed by atoms with E-state index >= 15 is 8.78 Å². The number of thiazole rings is 1. The highest BCUT2D eigenvalue weighted by Gasteiger charge is 2.40. The summed E-state index contributed by atoms with van der Waals surface area (Å²) in [5.74, 6) is -4.10. The van der Waals surface area contributed by atoms with Crippen LogP contribution in [0.25, 0.3) is 0 Å². The van der Waals surface area contributed by atoms with Crippen LogP contribution in [0.4, 0.5) is 29.5 Å². The number of halogens is 4. The minimum atomic E-state index is -5.05. The van der Waals surface area contributed by atoms with Crippen molar-refractivity contribution in [3.8, 4) is 0 Å². The number of hydrogen-bond donors (Lipinski definition) is 1. The molecule has 4 rings (SSSR count). The normalized spacial score (nSPS) is 15.3. The summed E-state index contributed by atoms with van der Waals surface area (Å²) in [4.78, 5) is 17.8. The van der Waals surface area contributed by atoms with Gasteiger partial charge in [0.05, 0.1) is 11.2 Å². The first-order valence-electron chi connectivity index (χ1n) is 12.6. The minimum Gasteiger partial charge on any atom is -0.443 e. The average Bonchev–Trinajstić information content (AvgIpc) is 3.33. The quantitative estimate of drug-likeness (QED) is 0.260. The van der Waals surface area contributed by atoms with E-state index in [9.17, 15) is 17.6 Å². The summed E-state index contributed by atoms with van der Waals surface area (Å²) in [5.41, 5.74) is 0.950. The molecule has 1 aliphatic rings. The van der Waals surface area contributed by atoms with E-state index in [1.807, 2.05) is 0 Å². The number of carbonyl (C=O) groups excluding carboxylic acids is 1. The number of anilines is 2. The molecule has 14 heteroatoms. The first-order valence-corrected chi connectivity index (χ1v) is 15.7. The maximum absolute atomic E-state index is 15.5. The highest BCUT2D eigenvalue weighted by molar-refractivity contribution is 9.10. The van der Waals surface area contributed by atoms with Crippen LogP contribution in [-0.2, 0) is 27.8 Å². The molecule has 0 radical (unpaired) electrons. The van der Waals surface area contributed by atoms with Crippen LogP contribution in [0.1, 0.15) is 45.7 Å². The van der Waals surface area contributed by atoms with Crippen molar-refractivity contribution >= 4 is 54.9 Å². The molecule has 41 heavy (non-hydrogen) atoms. The van der Waals surface area contributed by atoms with E-state index in [2.05, 4.69) is 45.0 Å². The maximum Gasteiger partial charge on any atom is 0.430 e. The van der Waals surface area contributed by atoms with Crippen molar-refractivity contribution in [2.45, 2.75) is 58.2 Å². The zero-order valence-electron chi connectivity index (χ0n) is 23.1. The van der Waals surface area contributed by atoms with Gasteiger partial charge in [-0.2, -0.15) is 0 Å². The molecule has 0 aliphatic carbocycles.